The highest BCUT2D eigenvalue weighted by Crippen LogP contribution is 2.16. The maximum Gasteiger partial charge on any atom is 0.306 e. The number of unbranched alkanes of at least 4 members (excludes halogenated alkanes) is 26. The maximum atomic E-state index is 12.9. The van der Waals surface area contributed by atoms with Crippen LogP contribution in [0.25, 0.3) is 0 Å². The molecule has 0 amide bonds. The molecule has 0 bridgehead atoms. The molecular formula is C77H126O6. The molecule has 0 aromatic rings. The Labute approximate surface area is 512 Å². The number of carbonyl (C=O) groups is 3. The van der Waals surface area contributed by atoms with Crippen LogP contribution in [0.15, 0.2) is 146 Å². The summed E-state index contributed by atoms with van der Waals surface area (Å²) in [5.41, 5.74) is 0. The lowest BCUT2D eigenvalue weighted by molar-refractivity contribution is -0.167. The van der Waals surface area contributed by atoms with Gasteiger partial charge < -0.3 is 14.2 Å². The van der Waals surface area contributed by atoms with E-state index in [1.54, 1.807) is 0 Å². The topological polar surface area (TPSA) is 78.9 Å². The number of esters is 3. The molecule has 0 aromatic heterocycles. The van der Waals surface area contributed by atoms with Crippen LogP contribution in [-0.2, 0) is 28.6 Å². The molecule has 1 unspecified atom stereocenters. The van der Waals surface area contributed by atoms with Gasteiger partial charge in [-0.2, -0.15) is 0 Å². The Morgan fingerprint density at radius 2 is 0.482 bits per heavy atom. The minimum Gasteiger partial charge on any atom is -0.462 e. The van der Waals surface area contributed by atoms with E-state index in [1.807, 2.05) is 0 Å². The van der Waals surface area contributed by atoms with Crippen LogP contribution in [0, 0.1) is 0 Å². The molecule has 0 saturated carbocycles. The monoisotopic (exact) mass is 1150 g/mol. The summed E-state index contributed by atoms with van der Waals surface area (Å²) in [6.45, 7) is 6.36. The molecule has 0 N–H and O–H groups in total. The van der Waals surface area contributed by atoms with Crippen LogP contribution >= 0.6 is 0 Å². The zero-order chi connectivity index (χ0) is 59.9. The molecule has 1 atom stereocenters. The van der Waals surface area contributed by atoms with Crippen molar-refractivity contribution in [1.82, 2.24) is 0 Å². The van der Waals surface area contributed by atoms with Gasteiger partial charge in [0, 0.05) is 19.3 Å². The van der Waals surface area contributed by atoms with Crippen molar-refractivity contribution >= 4 is 17.9 Å². The van der Waals surface area contributed by atoms with Crippen LogP contribution in [0.3, 0.4) is 0 Å². The molecule has 0 fully saturated rings. The quantitative estimate of drug-likeness (QED) is 0.0261. The molecule has 0 spiro atoms. The summed E-state index contributed by atoms with van der Waals surface area (Å²) in [5, 5.41) is 0. The number of rotatable bonds is 61. The van der Waals surface area contributed by atoms with Crippen molar-refractivity contribution in [1.29, 1.82) is 0 Å². The number of ether oxygens (including phenoxy) is 3. The number of hydrogen-bond donors (Lipinski definition) is 0. The Bertz CT molecular complexity index is 1800. The second-order valence-corrected chi connectivity index (χ2v) is 22.3. The molecule has 0 radical (unpaired) electrons. The average molecular weight is 1150 g/mol. The van der Waals surface area contributed by atoms with Gasteiger partial charge in [0.05, 0.1) is 0 Å². The van der Waals surface area contributed by atoms with Crippen LogP contribution < -0.4 is 0 Å². The van der Waals surface area contributed by atoms with Gasteiger partial charge >= 0.3 is 17.9 Å². The minimum atomic E-state index is -0.818. The standard InChI is InChI=1S/C77H126O6/c1-4-7-10-13-16-19-22-25-27-29-31-33-35-36-37-38-39-40-42-43-45-47-49-52-55-58-61-64-67-70-76(79)82-73-74(72-81-75(78)69-66-63-60-57-54-51-24-21-18-15-12-9-6-3)83-77(80)71-68-65-62-59-56-53-50-48-46-44-41-34-32-30-28-26-23-20-17-14-11-8-5-2/h7-8,10-11,16-17,19-21,24-28,31-34,44,46,50,53,59,62,74H,4-6,9,12-15,18,22-23,29-30,35-43,45,47-49,51-52,54-58,60-61,63-73H2,1-3H3/b10-7-,11-8-,19-16-,20-17-,24-21-,27-25-,28-26-,33-31-,34-32-,46-44-,53-50-,62-59-. The van der Waals surface area contributed by atoms with Gasteiger partial charge in [0.2, 0.25) is 0 Å². The summed E-state index contributed by atoms with van der Waals surface area (Å²) in [6.07, 6.45) is 100. The lowest BCUT2D eigenvalue weighted by Gasteiger charge is -2.18. The molecule has 0 saturated heterocycles. The first-order chi connectivity index (χ1) is 41.0. The summed E-state index contributed by atoms with van der Waals surface area (Å²) in [6, 6.07) is 0. The summed E-state index contributed by atoms with van der Waals surface area (Å²) in [4.78, 5) is 38.4. The Morgan fingerprint density at radius 3 is 0.783 bits per heavy atom. The molecule has 0 aliphatic rings. The number of allylic oxidation sites excluding steroid dienone is 24. The first-order valence-electron chi connectivity index (χ1n) is 34.3. The van der Waals surface area contributed by atoms with Gasteiger partial charge in [-0.3, -0.25) is 14.4 Å². The molecule has 0 rings (SSSR count). The third-order valence-electron chi connectivity index (χ3n) is 14.3. The van der Waals surface area contributed by atoms with Crippen LogP contribution in [0.2, 0.25) is 0 Å². The van der Waals surface area contributed by atoms with Crippen molar-refractivity contribution in [2.75, 3.05) is 13.2 Å². The van der Waals surface area contributed by atoms with E-state index in [0.717, 1.165) is 128 Å². The normalized spacial score (nSPS) is 13.0. The minimum absolute atomic E-state index is 0.106. The third kappa shape index (κ3) is 68.0. The molecule has 0 aliphatic carbocycles. The summed E-state index contributed by atoms with van der Waals surface area (Å²) < 4.78 is 16.9. The zero-order valence-electron chi connectivity index (χ0n) is 53.9. The van der Waals surface area contributed by atoms with Gasteiger partial charge in [0.15, 0.2) is 6.10 Å². The van der Waals surface area contributed by atoms with Gasteiger partial charge in [-0.25, -0.2) is 0 Å². The molecule has 83 heavy (non-hydrogen) atoms. The van der Waals surface area contributed by atoms with E-state index in [-0.39, 0.29) is 37.5 Å². The highest BCUT2D eigenvalue weighted by atomic mass is 16.6. The fourth-order valence-electron chi connectivity index (χ4n) is 9.24. The first kappa shape index (κ1) is 78.3. The van der Waals surface area contributed by atoms with E-state index >= 15 is 0 Å². The zero-order valence-corrected chi connectivity index (χ0v) is 53.9. The van der Waals surface area contributed by atoms with E-state index in [2.05, 4.69) is 167 Å². The van der Waals surface area contributed by atoms with E-state index in [4.69, 9.17) is 14.2 Å². The lowest BCUT2D eigenvalue weighted by atomic mass is 10.0. The van der Waals surface area contributed by atoms with E-state index in [0.29, 0.717) is 19.3 Å². The van der Waals surface area contributed by atoms with Gasteiger partial charge in [0.25, 0.3) is 0 Å². The Kier molecular flexibility index (Phi) is 65.8. The van der Waals surface area contributed by atoms with Crippen LogP contribution in [0.4, 0.5) is 0 Å². The summed E-state index contributed by atoms with van der Waals surface area (Å²) >= 11 is 0. The summed E-state index contributed by atoms with van der Waals surface area (Å²) in [7, 11) is 0. The molecule has 6 heteroatoms. The molecular weight excluding hydrogens is 1020 g/mol. The SMILES string of the molecule is CC/C=C\C/C=C\C/C=C\C/C=C\C/C=C\C/C=C\C/C=C\CCCC(=O)OC(COC(=O)CCCCCCC/C=C\CCCCCC)COC(=O)CCCCCCCCCCCCCCCCCC/C=C\C/C=C\C/C=C\C/C=C\CC. The molecule has 0 aromatic carbocycles. The third-order valence-corrected chi connectivity index (χ3v) is 14.3. The fraction of sp³-hybridized carbons (Fsp3) is 0.649. The van der Waals surface area contributed by atoms with Gasteiger partial charge in [0.1, 0.15) is 13.2 Å². The van der Waals surface area contributed by atoms with Crippen molar-refractivity contribution in [2.24, 2.45) is 0 Å². The van der Waals surface area contributed by atoms with Crippen molar-refractivity contribution in [3.8, 4) is 0 Å². The maximum absolute atomic E-state index is 12.9. The fourth-order valence-corrected chi connectivity index (χ4v) is 9.24. The Balaban J connectivity index is 4.37. The average Bonchev–Trinajstić information content (AvgIpc) is 3.49. The molecule has 470 valence electrons. The highest BCUT2D eigenvalue weighted by molar-refractivity contribution is 5.71. The van der Waals surface area contributed by atoms with E-state index in [9.17, 15) is 14.4 Å². The van der Waals surface area contributed by atoms with Gasteiger partial charge in [-0.15, -0.1) is 0 Å². The van der Waals surface area contributed by atoms with Crippen LogP contribution in [-0.4, -0.2) is 37.2 Å². The van der Waals surface area contributed by atoms with Crippen LogP contribution in [0.1, 0.15) is 303 Å². The number of carbonyl (C=O) groups excluding carboxylic acids is 3. The molecule has 6 nitrogen and oxygen atoms in total. The Hall–Kier alpha value is -4.71. The highest BCUT2D eigenvalue weighted by Gasteiger charge is 2.19. The lowest BCUT2D eigenvalue weighted by Crippen LogP contribution is -2.30. The van der Waals surface area contributed by atoms with Gasteiger partial charge in [-0.1, -0.05) is 295 Å². The van der Waals surface area contributed by atoms with Crippen molar-refractivity contribution in [3.63, 3.8) is 0 Å². The van der Waals surface area contributed by atoms with Gasteiger partial charge in [-0.05, 0) is 135 Å². The van der Waals surface area contributed by atoms with Crippen molar-refractivity contribution < 1.29 is 28.6 Å². The van der Waals surface area contributed by atoms with Crippen molar-refractivity contribution in [3.05, 3.63) is 146 Å². The second-order valence-electron chi connectivity index (χ2n) is 22.3. The van der Waals surface area contributed by atoms with E-state index in [1.165, 1.54) is 128 Å². The smallest absolute Gasteiger partial charge is 0.306 e. The Morgan fingerprint density at radius 1 is 0.253 bits per heavy atom. The first-order valence-corrected chi connectivity index (χ1v) is 34.3. The van der Waals surface area contributed by atoms with Crippen LogP contribution in [0.5, 0.6) is 0 Å². The molecule has 0 aliphatic heterocycles. The predicted octanol–water partition coefficient (Wildman–Crippen LogP) is 23.9. The van der Waals surface area contributed by atoms with Crippen molar-refractivity contribution in [2.45, 2.75) is 309 Å². The summed E-state index contributed by atoms with van der Waals surface area (Å²) in [5.74, 6) is -0.971. The second kappa shape index (κ2) is 69.8. The predicted molar refractivity (Wildman–Crippen MR) is 362 cm³/mol. The molecule has 0 heterocycles. The number of hydrogen-bond acceptors (Lipinski definition) is 6. The van der Waals surface area contributed by atoms with E-state index < -0.39 is 6.10 Å². The largest absolute Gasteiger partial charge is 0.462 e.